The van der Waals surface area contributed by atoms with Crippen LogP contribution >= 0.6 is 0 Å². The molecule has 0 atom stereocenters. The third-order valence-corrected chi connectivity index (χ3v) is 13.9. The van der Waals surface area contributed by atoms with Crippen LogP contribution in [0.1, 0.15) is 125 Å². The summed E-state index contributed by atoms with van der Waals surface area (Å²) in [6.45, 7) is 22.8. The number of hydrogen-bond donors (Lipinski definition) is 0. The second-order valence-electron chi connectivity index (χ2n) is 20.4. The summed E-state index contributed by atoms with van der Waals surface area (Å²) in [5.74, 6) is 2.14. The van der Waals surface area contributed by atoms with Gasteiger partial charge in [0.2, 0.25) is 0 Å². The number of aromatic nitrogens is 2. The Morgan fingerprint density at radius 1 is 0.536 bits per heavy atom. The first kappa shape index (κ1) is 47.6. The summed E-state index contributed by atoms with van der Waals surface area (Å²) >= 11 is 0. The summed E-state index contributed by atoms with van der Waals surface area (Å²) in [5.41, 5.74) is 15.7. The third-order valence-electron chi connectivity index (χ3n) is 13.9. The van der Waals surface area contributed by atoms with Gasteiger partial charge >= 0.3 is 0 Å². The Kier molecular flexibility index (Phi) is 13.2. The molecule has 7 aromatic carbocycles. The minimum Gasteiger partial charge on any atom is -0.500 e. The van der Waals surface area contributed by atoms with Crippen molar-refractivity contribution in [1.82, 2.24) is 9.55 Å². The molecule has 0 N–H and O–H groups in total. The summed E-state index contributed by atoms with van der Waals surface area (Å²) in [5, 5.41) is 2.30. The van der Waals surface area contributed by atoms with Crippen molar-refractivity contribution in [3.63, 3.8) is 0 Å². The number of nitrogens with zero attached hydrogens (tertiary/aromatic N) is 4. The molecule has 2 aromatic heterocycles. The van der Waals surface area contributed by atoms with Crippen molar-refractivity contribution in [3.8, 4) is 16.9 Å². The van der Waals surface area contributed by atoms with Crippen molar-refractivity contribution in [1.29, 1.82) is 0 Å². The van der Waals surface area contributed by atoms with E-state index < -0.39 is 5.41 Å². The number of benzene rings is 7. The van der Waals surface area contributed by atoms with Gasteiger partial charge in [-0.15, -0.1) is 28.9 Å². The molecule has 350 valence electrons. The van der Waals surface area contributed by atoms with Gasteiger partial charge in [0.25, 0.3) is 0 Å². The van der Waals surface area contributed by atoms with E-state index in [-0.39, 0.29) is 26.5 Å². The maximum absolute atomic E-state index is 5.01. The van der Waals surface area contributed by atoms with E-state index in [9.17, 15) is 0 Å². The molecule has 0 amide bonds. The van der Waals surface area contributed by atoms with E-state index >= 15 is 0 Å². The van der Waals surface area contributed by atoms with Crippen LogP contribution < -0.4 is 9.80 Å². The molecule has 0 radical (unpaired) electrons. The first-order valence-corrected chi connectivity index (χ1v) is 24.3. The Morgan fingerprint density at radius 3 is 1.81 bits per heavy atom. The summed E-state index contributed by atoms with van der Waals surface area (Å²) in [6, 6.07) is 67.9. The minimum atomic E-state index is -0.792. The molecule has 0 saturated carbocycles. The molecule has 10 rings (SSSR count). The van der Waals surface area contributed by atoms with Crippen LogP contribution in [0.15, 0.2) is 182 Å². The fourth-order valence-corrected chi connectivity index (χ4v) is 10.3. The molecular weight excluding hydrogens is 1020 g/mol. The fraction of sp³-hybridized carbons (Fsp3) is 0.219. The van der Waals surface area contributed by atoms with Crippen LogP contribution in [0.5, 0.6) is 0 Å². The molecule has 69 heavy (non-hydrogen) atoms. The largest absolute Gasteiger partial charge is 0.500 e. The average Bonchev–Trinajstić information content (AvgIpc) is 3.98. The molecule has 0 unspecified atom stereocenters. The van der Waals surface area contributed by atoms with Gasteiger partial charge in [0, 0.05) is 43.9 Å². The Hall–Kier alpha value is -6.48. The Morgan fingerprint density at radius 2 is 1.16 bits per heavy atom. The van der Waals surface area contributed by atoms with E-state index in [0.29, 0.717) is 17.8 Å². The molecule has 0 bridgehead atoms. The van der Waals surface area contributed by atoms with E-state index in [2.05, 4.69) is 272 Å². The first-order valence-electron chi connectivity index (χ1n) is 24.3. The average molecular weight is 1080 g/mol. The maximum Gasteiger partial charge on any atom is 0.135 e. The maximum atomic E-state index is 5.01. The van der Waals surface area contributed by atoms with Crippen molar-refractivity contribution >= 4 is 33.2 Å². The zero-order chi connectivity index (χ0) is 47.3. The van der Waals surface area contributed by atoms with Gasteiger partial charge in [-0.25, -0.2) is 4.98 Å². The molecule has 1 aliphatic heterocycles. The number of rotatable bonds is 11. The molecule has 0 fully saturated rings. The van der Waals surface area contributed by atoms with Gasteiger partial charge in [0.05, 0.1) is 0 Å². The van der Waals surface area contributed by atoms with Crippen LogP contribution in [-0.2, 0) is 31.9 Å². The standard InChI is InChI=1S/C64H61N4.Pt/c1-43(2)47-37-57(44(3)4)62(58(38-47)45(5)6)46-20-18-26-53(36-46)66-34-35-67(42-66)54-27-19-25-51(39-54)64(48-21-12-10-13-22-48,49-23-14-11-15-24-49)52-30-31-56-55-28-16-17-29-59(55)68(60(56)40-52)61-41-50(32-33-65-61)63(7,8)9;/h10-38,41-45H,1-9H3;/q-3;. The minimum absolute atomic E-state index is 0. The zero-order valence-electron chi connectivity index (χ0n) is 41.2. The number of anilines is 2. The van der Waals surface area contributed by atoms with Gasteiger partial charge in [-0.1, -0.05) is 171 Å². The van der Waals surface area contributed by atoms with Crippen LogP contribution in [-0.4, -0.2) is 9.55 Å². The summed E-state index contributed by atoms with van der Waals surface area (Å²) in [7, 11) is 0. The predicted octanol–water partition coefficient (Wildman–Crippen LogP) is 16.4. The smallest absolute Gasteiger partial charge is 0.135 e. The normalized spacial score (nSPS) is 13.1. The van der Waals surface area contributed by atoms with Gasteiger partial charge in [-0.2, -0.15) is 42.5 Å². The van der Waals surface area contributed by atoms with E-state index in [0.717, 1.165) is 55.9 Å². The van der Waals surface area contributed by atoms with Crippen LogP contribution in [0, 0.1) is 18.8 Å². The van der Waals surface area contributed by atoms with Gasteiger partial charge < -0.3 is 14.4 Å². The van der Waals surface area contributed by atoms with Crippen LogP contribution in [0.4, 0.5) is 11.4 Å². The number of hydrogen-bond acceptors (Lipinski definition) is 3. The topological polar surface area (TPSA) is 24.3 Å². The molecule has 9 aromatic rings. The fourth-order valence-electron chi connectivity index (χ4n) is 10.3. The Balaban J connectivity index is 0.00000593. The van der Waals surface area contributed by atoms with Crippen LogP contribution in [0.25, 0.3) is 38.8 Å². The Labute approximate surface area is 424 Å². The van der Waals surface area contributed by atoms with Crippen molar-refractivity contribution in [2.75, 3.05) is 9.80 Å². The molecule has 3 heterocycles. The van der Waals surface area contributed by atoms with Gasteiger partial charge in [0.15, 0.2) is 0 Å². The quantitative estimate of drug-likeness (QED) is 0.0953. The van der Waals surface area contributed by atoms with Crippen molar-refractivity contribution in [3.05, 3.63) is 246 Å². The second kappa shape index (κ2) is 19.1. The summed E-state index contributed by atoms with van der Waals surface area (Å²) in [6.07, 6.45) is 6.23. The molecule has 5 heteroatoms. The molecule has 0 aliphatic carbocycles. The van der Waals surface area contributed by atoms with Crippen molar-refractivity contribution in [2.45, 2.75) is 90.9 Å². The monoisotopic (exact) mass is 1080 g/mol. The predicted molar refractivity (Wildman–Crippen MR) is 286 cm³/mol. The van der Waals surface area contributed by atoms with Gasteiger partial charge in [0.1, 0.15) is 5.82 Å². The summed E-state index contributed by atoms with van der Waals surface area (Å²) < 4.78 is 2.30. The van der Waals surface area contributed by atoms with Gasteiger partial charge in [-0.05, 0) is 116 Å². The van der Waals surface area contributed by atoms with E-state index in [4.69, 9.17) is 4.98 Å². The van der Waals surface area contributed by atoms with Crippen LogP contribution in [0.2, 0.25) is 0 Å². The third kappa shape index (κ3) is 8.67. The van der Waals surface area contributed by atoms with E-state index in [1.54, 1.807) is 0 Å². The van der Waals surface area contributed by atoms with Gasteiger partial charge in [-0.3, -0.25) is 0 Å². The number of pyridine rings is 1. The van der Waals surface area contributed by atoms with Crippen molar-refractivity contribution in [2.24, 2.45) is 0 Å². The number of para-hydroxylation sites is 1. The summed E-state index contributed by atoms with van der Waals surface area (Å²) in [4.78, 5) is 9.42. The second-order valence-corrected chi connectivity index (χ2v) is 20.4. The van der Waals surface area contributed by atoms with E-state index in [1.807, 2.05) is 6.20 Å². The first-order chi connectivity index (χ1) is 32.8. The SMILES string of the molecule is CC(C)c1cc(C(C)C)c(-c2cccc(N3C=CN(c4[c-]c(C(c5[c-]c6c(cc5)c5ccccc5n6-c5cc(C(C)(C)C)ccn5)(c5ccccc5)c5ccccc5)ccc4)[CH-]3)c2)c(C(C)C)c1.[Pt]. The zero-order valence-corrected chi connectivity index (χ0v) is 43.5. The Bertz CT molecular complexity index is 3230. The van der Waals surface area contributed by atoms with Crippen molar-refractivity contribution < 1.29 is 21.1 Å². The molecule has 1 aliphatic rings. The van der Waals surface area contributed by atoms with Crippen LogP contribution in [0.3, 0.4) is 0 Å². The molecular formula is C64H61N4Pt-3. The van der Waals surface area contributed by atoms with E-state index in [1.165, 1.54) is 38.8 Å². The molecule has 0 saturated heterocycles. The number of fused-ring (bicyclic) bond motifs is 3. The molecule has 0 spiro atoms. The molecule has 4 nitrogen and oxygen atoms in total.